The highest BCUT2D eigenvalue weighted by atomic mass is 16.5. The molecule has 1 saturated heterocycles. The number of nitrogens with one attached hydrogen (secondary N) is 1. The molecule has 2 aromatic carbocycles. The van der Waals surface area contributed by atoms with Gasteiger partial charge >= 0.3 is 6.03 Å². The van der Waals surface area contributed by atoms with E-state index in [-0.39, 0.29) is 24.1 Å². The Labute approximate surface area is 246 Å². The van der Waals surface area contributed by atoms with Crippen molar-refractivity contribution in [1.29, 1.82) is 0 Å². The summed E-state index contributed by atoms with van der Waals surface area (Å²) in [6.07, 6.45) is 2.40. The highest BCUT2D eigenvalue weighted by Crippen LogP contribution is 2.52. The fourth-order valence-corrected chi connectivity index (χ4v) is 6.79. The second-order valence-corrected chi connectivity index (χ2v) is 11.0. The smallest absolute Gasteiger partial charge is 0.330 e. The van der Waals surface area contributed by atoms with Crippen LogP contribution in [0.15, 0.2) is 71.7 Å². The summed E-state index contributed by atoms with van der Waals surface area (Å²) in [6.45, 7) is 0.470. The third-order valence-corrected chi connectivity index (χ3v) is 8.85. The van der Waals surface area contributed by atoms with Gasteiger partial charge in [-0.15, -0.1) is 0 Å². The van der Waals surface area contributed by atoms with Crippen LogP contribution in [-0.4, -0.2) is 59.4 Å². The van der Waals surface area contributed by atoms with Crippen molar-refractivity contribution in [2.24, 2.45) is 5.41 Å². The van der Waals surface area contributed by atoms with Crippen molar-refractivity contribution < 1.29 is 23.9 Å². The van der Waals surface area contributed by atoms with E-state index in [1.165, 1.54) is 11.5 Å². The van der Waals surface area contributed by atoms with E-state index in [9.17, 15) is 19.2 Å². The molecule has 4 amide bonds. The van der Waals surface area contributed by atoms with Gasteiger partial charge in [0.25, 0.3) is 5.56 Å². The second-order valence-electron chi connectivity index (χ2n) is 11.0. The Bertz CT molecular complexity index is 1890. The summed E-state index contributed by atoms with van der Waals surface area (Å²) in [5.41, 5.74) is 1.29. The number of anilines is 1. The first kappa shape index (κ1) is 26.7. The van der Waals surface area contributed by atoms with Crippen LogP contribution in [0.4, 0.5) is 10.6 Å². The van der Waals surface area contributed by atoms with Gasteiger partial charge in [-0.2, -0.15) is 0 Å². The maximum Gasteiger partial charge on any atom is 0.330 e. The largest absolute Gasteiger partial charge is 0.493 e. The third-order valence-electron chi connectivity index (χ3n) is 8.85. The molecule has 0 saturated carbocycles. The van der Waals surface area contributed by atoms with Gasteiger partial charge < -0.3 is 14.4 Å². The number of benzene rings is 2. The predicted octanol–water partition coefficient (Wildman–Crippen LogP) is 2.68. The first-order valence-electron chi connectivity index (χ1n) is 14.1. The highest BCUT2D eigenvalue weighted by molar-refractivity contribution is 6.20. The Morgan fingerprint density at radius 3 is 2.58 bits per heavy atom. The summed E-state index contributed by atoms with van der Waals surface area (Å²) in [6, 6.07) is 16.8. The number of hydrogen-bond acceptors (Lipinski definition) is 8. The number of hydrogen-bond donors (Lipinski definition) is 1. The van der Waals surface area contributed by atoms with Crippen LogP contribution in [0, 0.1) is 5.41 Å². The quantitative estimate of drug-likeness (QED) is 0.358. The fourth-order valence-electron chi connectivity index (χ4n) is 6.79. The molecular formula is C32H29N5O6. The number of carbonyl (C=O) groups is 3. The van der Waals surface area contributed by atoms with Gasteiger partial charge in [0.2, 0.25) is 11.8 Å². The first-order chi connectivity index (χ1) is 20.9. The number of imide groups is 2. The molecule has 1 fully saturated rings. The van der Waals surface area contributed by atoms with Crippen LogP contribution < -0.4 is 25.2 Å². The van der Waals surface area contributed by atoms with Crippen LogP contribution in [0.5, 0.6) is 11.5 Å². The summed E-state index contributed by atoms with van der Waals surface area (Å²) in [5.74, 6) is 0.221. The van der Waals surface area contributed by atoms with Crippen molar-refractivity contribution in [2.75, 3.05) is 32.2 Å². The maximum atomic E-state index is 14.7. The Hall–Kier alpha value is -5.19. The number of methoxy groups -OCH3 is 2. The summed E-state index contributed by atoms with van der Waals surface area (Å²) >= 11 is 0. The number of fused-ring (bicyclic) bond motifs is 7. The molecule has 43 heavy (non-hydrogen) atoms. The zero-order chi connectivity index (χ0) is 29.9. The minimum Gasteiger partial charge on any atom is -0.493 e. The average molecular weight is 580 g/mol. The number of aromatic nitrogens is 2. The Morgan fingerprint density at radius 2 is 1.77 bits per heavy atom. The van der Waals surface area contributed by atoms with Gasteiger partial charge in [-0.05, 0) is 53.8 Å². The molecule has 11 nitrogen and oxygen atoms in total. The molecule has 5 heterocycles. The highest BCUT2D eigenvalue weighted by Gasteiger charge is 2.64. The SMILES string of the molecule is COc1ccc(CCN2C(=O)NC(=O)[C@]3(Cc4c(nc5ccccn5c4=O)N4CCc5ccccc5[C@H]43)C2=O)cc1OC. The Balaban J connectivity index is 1.35. The molecule has 0 unspecified atom stereocenters. The van der Waals surface area contributed by atoms with Crippen molar-refractivity contribution in [1.82, 2.24) is 19.6 Å². The van der Waals surface area contributed by atoms with Crippen LogP contribution in [-0.2, 0) is 28.9 Å². The number of nitrogens with zero attached hydrogens (tertiary/aromatic N) is 4. The van der Waals surface area contributed by atoms with E-state index < -0.39 is 29.3 Å². The molecule has 0 bridgehead atoms. The van der Waals surface area contributed by atoms with Gasteiger partial charge in [0.15, 0.2) is 16.9 Å². The molecule has 3 aliphatic rings. The lowest BCUT2D eigenvalue weighted by atomic mass is 9.65. The summed E-state index contributed by atoms with van der Waals surface area (Å²) < 4.78 is 12.2. The molecule has 7 rings (SSSR count). The molecule has 0 aliphatic carbocycles. The van der Waals surface area contributed by atoms with E-state index in [1.54, 1.807) is 37.6 Å². The lowest BCUT2D eigenvalue weighted by molar-refractivity contribution is -0.154. The number of pyridine rings is 1. The maximum absolute atomic E-state index is 14.7. The van der Waals surface area contributed by atoms with Crippen molar-refractivity contribution in [3.05, 3.63) is 99.5 Å². The molecule has 3 aliphatic heterocycles. The van der Waals surface area contributed by atoms with E-state index in [0.717, 1.165) is 21.6 Å². The molecule has 2 atom stereocenters. The van der Waals surface area contributed by atoms with Gasteiger partial charge in [-0.1, -0.05) is 36.4 Å². The molecule has 1 N–H and O–H groups in total. The second kappa shape index (κ2) is 9.97. The van der Waals surface area contributed by atoms with Crippen molar-refractivity contribution in [2.45, 2.75) is 25.3 Å². The molecule has 2 aromatic heterocycles. The molecule has 4 aromatic rings. The van der Waals surface area contributed by atoms with Gasteiger partial charge in [0.1, 0.15) is 11.5 Å². The Kier molecular flexibility index (Phi) is 6.19. The van der Waals surface area contributed by atoms with Crippen molar-refractivity contribution in [3.63, 3.8) is 0 Å². The van der Waals surface area contributed by atoms with Crippen LogP contribution in [0.3, 0.4) is 0 Å². The van der Waals surface area contributed by atoms with Crippen LogP contribution in [0.25, 0.3) is 5.65 Å². The van der Waals surface area contributed by atoms with E-state index >= 15 is 0 Å². The van der Waals surface area contributed by atoms with Crippen molar-refractivity contribution in [3.8, 4) is 11.5 Å². The standard InChI is InChI=1S/C32H29N5O6/c1-42-23-11-10-19(17-24(23)43-2)12-15-37-30(40)32(29(39)34-31(37)41)18-22-27(33-25-9-5-6-14-35(25)28(22)38)36-16-13-20-7-3-4-8-21(20)26(32)36/h3-11,14,17,26H,12-13,15-16,18H2,1-2H3,(H,34,39,41)/t26-,32+/m0/s1. The Morgan fingerprint density at radius 1 is 0.977 bits per heavy atom. The van der Waals surface area contributed by atoms with Gasteiger partial charge in [0, 0.05) is 25.7 Å². The predicted molar refractivity (Wildman–Crippen MR) is 156 cm³/mol. The van der Waals surface area contributed by atoms with E-state index in [1.807, 2.05) is 41.3 Å². The number of urea groups is 1. The third kappa shape index (κ3) is 3.91. The van der Waals surface area contributed by atoms with Crippen LogP contribution in [0.2, 0.25) is 0 Å². The molecular weight excluding hydrogens is 550 g/mol. The number of carbonyl (C=O) groups excluding carboxylic acids is 3. The molecule has 0 radical (unpaired) electrons. The number of amides is 4. The molecule has 1 spiro atoms. The normalized spacial score (nSPS) is 20.9. The summed E-state index contributed by atoms with van der Waals surface area (Å²) in [7, 11) is 3.08. The summed E-state index contributed by atoms with van der Waals surface area (Å²) in [4.78, 5) is 63.6. The number of ether oxygens (including phenoxy) is 2. The monoisotopic (exact) mass is 579 g/mol. The van der Waals surface area contributed by atoms with E-state index in [2.05, 4.69) is 5.32 Å². The zero-order valence-corrected chi connectivity index (χ0v) is 23.7. The molecule has 218 valence electrons. The van der Waals surface area contributed by atoms with Gasteiger partial charge in [-0.25, -0.2) is 9.78 Å². The minimum atomic E-state index is -1.76. The first-order valence-corrected chi connectivity index (χ1v) is 14.1. The molecule has 11 heteroatoms. The van der Waals surface area contributed by atoms with Gasteiger partial charge in [0.05, 0.1) is 25.8 Å². The van der Waals surface area contributed by atoms with E-state index in [4.69, 9.17) is 14.5 Å². The van der Waals surface area contributed by atoms with Crippen molar-refractivity contribution >= 4 is 29.3 Å². The number of barbiturate groups is 1. The zero-order valence-electron chi connectivity index (χ0n) is 23.7. The topological polar surface area (TPSA) is 123 Å². The lowest BCUT2D eigenvalue weighted by Crippen LogP contribution is -2.70. The van der Waals surface area contributed by atoms with Crippen LogP contribution >= 0.6 is 0 Å². The average Bonchev–Trinajstić information content (AvgIpc) is 3.03. The lowest BCUT2D eigenvalue weighted by Gasteiger charge is -2.53. The van der Waals surface area contributed by atoms with Crippen LogP contribution in [0.1, 0.15) is 28.3 Å². The fraction of sp³-hybridized carbons (Fsp3) is 0.281. The van der Waals surface area contributed by atoms with E-state index in [0.29, 0.717) is 42.4 Å². The minimum absolute atomic E-state index is 0.0192. The van der Waals surface area contributed by atoms with Gasteiger partial charge in [-0.3, -0.25) is 29.0 Å². The summed E-state index contributed by atoms with van der Waals surface area (Å²) in [5, 5.41) is 2.48. The number of rotatable bonds is 5.